The van der Waals surface area contributed by atoms with E-state index in [2.05, 4.69) is 5.32 Å². The van der Waals surface area contributed by atoms with Crippen molar-refractivity contribution in [3.05, 3.63) is 33.5 Å². The van der Waals surface area contributed by atoms with E-state index in [9.17, 15) is 9.59 Å². The first-order valence-corrected chi connectivity index (χ1v) is 6.06. The number of hydrogen-bond donors (Lipinski definition) is 2. The van der Waals surface area contributed by atoms with Crippen LogP contribution in [-0.2, 0) is 9.59 Å². The SMILES string of the molecule is C/C(C(=O)O)=C(\C)C(=O)N[C@H](C)c1cccs1. The Balaban J connectivity index is 2.74. The van der Waals surface area contributed by atoms with Gasteiger partial charge in [-0.05, 0) is 32.2 Å². The quantitative estimate of drug-likeness (QED) is 0.809. The molecule has 0 radical (unpaired) electrons. The fraction of sp³-hybridized carbons (Fsp3) is 0.333. The maximum absolute atomic E-state index is 11.8. The van der Waals surface area contributed by atoms with Gasteiger partial charge in [-0.25, -0.2) is 4.79 Å². The summed E-state index contributed by atoms with van der Waals surface area (Å²) in [6.07, 6.45) is 0. The largest absolute Gasteiger partial charge is 0.478 e. The third-order valence-electron chi connectivity index (χ3n) is 2.54. The highest BCUT2D eigenvalue weighted by molar-refractivity contribution is 7.10. The molecule has 0 bridgehead atoms. The van der Waals surface area contributed by atoms with E-state index < -0.39 is 5.97 Å². The average molecular weight is 253 g/mol. The van der Waals surface area contributed by atoms with Crippen LogP contribution in [0.5, 0.6) is 0 Å². The van der Waals surface area contributed by atoms with Crippen LogP contribution in [0.4, 0.5) is 0 Å². The topological polar surface area (TPSA) is 66.4 Å². The van der Waals surface area contributed by atoms with E-state index in [0.717, 1.165) is 4.88 Å². The summed E-state index contributed by atoms with van der Waals surface area (Å²) in [6, 6.07) is 3.73. The second kappa shape index (κ2) is 5.63. The van der Waals surface area contributed by atoms with Crippen molar-refractivity contribution in [1.29, 1.82) is 0 Å². The van der Waals surface area contributed by atoms with Gasteiger partial charge in [-0.15, -0.1) is 11.3 Å². The first-order valence-electron chi connectivity index (χ1n) is 5.18. The zero-order chi connectivity index (χ0) is 13.0. The van der Waals surface area contributed by atoms with Gasteiger partial charge in [0.25, 0.3) is 0 Å². The number of carboxylic acid groups (broad SMARTS) is 1. The Morgan fingerprint density at radius 2 is 2.00 bits per heavy atom. The molecule has 1 atom stereocenters. The molecule has 0 spiro atoms. The van der Waals surface area contributed by atoms with E-state index in [1.807, 2.05) is 24.4 Å². The van der Waals surface area contributed by atoms with E-state index in [-0.39, 0.29) is 23.1 Å². The van der Waals surface area contributed by atoms with Crippen molar-refractivity contribution < 1.29 is 14.7 Å². The number of rotatable bonds is 4. The molecular formula is C12H15NO3S. The fourth-order valence-corrected chi connectivity index (χ4v) is 1.98. The molecule has 0 unspecified atom stereocenters. The van der Waals surface area contributed by atoms with Crippen LogP contribution in [0.3, 0.4) is 0 Å². The van der Waals surface area contributed by atoms with Crippen LogP contribution >= 0.6 is 11.3 Å². The number of aliphatic carboxylic acids is 1. The van der Waals surface area contributed by atoms with Crippen LogP contribution in [0.2, 0.25) is 0 Å². The number of amides is 1. The molecule has 5 heteroatoms. The van der Waals surface area contributed by atoms with Gasteiger partial charge >= 0.3 is 5.97 Å². The molecule has 0 fully saturated rings. The van der Waals surface area contributed by atoms with Gasteiger partial charge in [0.2, 0.25) is 5.91 Å². The highest BCUT2D eigenvalue weighted by Gasteiger charge is 2.15. The molecule has 0 saturated carbocycles. The molecule has 1 rings (SSSR count). The molecule has 0 aliphatic carbocycles. The van der Waals surface area contributed by atoms with Crippen molar-refractivity contribution in [2.75, 3.05) is 0 Å². The summed E-state index contributed by atoms with van der Waals surface area (Å²) in [5, 5.41) is 13.5. The number of carboxylic acids is 1. The molecule has 4 nitrogen and oxygen atoms in total. The van der Waals surface area contributed by atoms with Crippen molar-refractivity contribution in [2.45, 2.75) is 26.8 Å². The molecule has 1 aromatic heterocycles. The number of thiophene rings is 1. The normalized spacial score (nSPS) is 13.8. The second-order valence-electron chi connectivity index (χ2n) is 3.77. The maximum atomic E-state index is 11.8. The zero-order valence-electron chi connectivity index (χ0n) is 9.98. The van der Waals surface area contributed by atoms with Gasteiger partial charge in [-0.1, -0.05) is 6.07 Å². The molecule has 0 aromatic carbocycles. The Morgan fingerprint density at radius 1 is 1.35 bits per heavy atom. The Hall–Kier alpha value is -1.62. The lowest BCUT2D eigenvalue weighted by molar-refractivity contribution is -0.133. The van der Waals surface area contributed by atoms with Crippen LogP contribution in [0.1, 0.15) is 31.7 Å². The van der Waals surface area contributed by atoms with Crippen molar-refractivity contribution in [2.24, 2.45) is 0 Å². The molecule has 0 aliphatic rings. The Bertz CT molecular complexity index is 448. The number of hydrogen-bond acceptors (Lipinski definition) is 3. The summed E-state index contributed by atoms with van der Waals surface area (Å²) in [7, 11) is 0. The van der Waals surface area contributed by atoms with Crippen LogP contribution in [0, 0.1) is 0 Å². The molecule has 0 saturated heterocycles. The summed E-state index contributed by atoms with van der Waals surface area (Å²) in [5.74, 6) is -1.41. The summed E-state index contributed by atoms with van der Waals surface area (Å²) in [5.41, 5.74) is 0.307. The number of carbonyl (C=O) groups is 2. The summed E-state index contributed by atoms with van der Waals surface area (Å²) in [4.78, 5) is 23.5. The highest BCUT2D eigenvalue weighted by Crippen LogP contribution is 2.18. The number of carbonyl (C=O) groups excluding carboxylic acids is 1. The lowest BCUT2D eigenvalue weighted by Gasteiger charge is -2.13. The van der Waals surface area contributed by atoms with E-state index in [1.54, 1.807) is 11.3 Å². The van der Waals surface area contributed by atoms with Gasteiger partial charge in [0.1, 0.15) is 0 Å². The first-order chi connectivity index (χ1) is 7.93. The zero-order valence-corrected chi connectivity index (χ0v) is 10.8. The summed E-state index contributed by atoms with van der Waals surface area (Å²) in [6.45, 7) is 4.81. The lowest BCUT2D eigenvalue weighted by atomic mass is 10.1. The molecule has 1 heterocycles. The second-order valence-corrected chi connectivity index (χ2v) is 4.74. The van der Waals surface area contributed by atoms with Gasteiger partial charge in [-0.2, -0.15) is 0 Å². The minimum atomic E-state index is -1.07. The molecular weight excluding hydrogens is 238 g/mol. The Labute approximate surface area is 104 Å². The molecule has 2 N–H and O–H groups in total. The van der Waals surface area contributed by atoms with Crippen molar-refractivity contribution in [1.82, 2.24) is 5.32 Å². The van der Waals surface area contributed by atoms with Gasteiger partial charge in [0.05, 0.1) is 6.04 Å². The van der Waals surface area contributed by atoms with E-state index >= 15 is 0 Å². The van der Waals surface area contributed by atoms with E-state index in [1.165, 1.54) is 13.8 Å². The molecule has 0 aliphatic heterocycles. The van der Waals surface area contributed by atoms with Gasteiger partial charge in [0.15, 0.2) is 0 Å². The van der Waals surface area contributed by atoms with Gasteiger partial charge in [0, 0.05) is 16.0 Å². The minimum Gasteiger partial charge on any atom is -0.478 e. The lowest BCUT2D eigenvalue weighted by Crippen LogP contribution is -2.28. The van der Waals surface area contributed by atoms with Gasteiger partial charge in [-0.3, -0.25) is 4.79 Å². The standard InChI is InChI=1S/C12H15NO3S/c1-7(8(2)12(15)16)11(14)13-9(3)10-5-4-6-17-10/h4-6,9H,1-3H3,(H,13,14)(H,15,16)/b8-7-/t9-/m1/s1. The smallest absolute Gasteiger partial charge is 0.331 e. The minimum absolute atomic E-state index is 0.0703. The van der Waals surface area contributed by atoms with Crippen LogP contribution in [0.25, 0.3) is 0 Å². The predicted octanol–water partition coefficient (Wildman–Crippen LogP) is 2.35. The maximum Gasteiger partial charge on any atom is 0.331 e. The van der Waals surface area contributed by atoms with E-state index in [0.29, 0.717) is 0 Å². The third-order valence-corrected chi connectivity index (χ3v) is 3.60. The third kappa shape index (κ3) is 3.42. The molecule has 1 amide bonds. The first kappa shape index (κ1) is 13.4. The summed E-state index contributed by atoms with van der Waals surface area (Å²) >= 11 is 1.55. The monoisotopic (exact) mass is 253 g/mol. The average Bonchev–Trinajstić information content (AvgIpc) is 2.80. The van der Waals surface area contributed by atoms with Crippen LogP contribution < -0.4 is 5.32 Å². The van der Waals surface area contributed by atoms with Crippen molar-refractivity contribution in [3.8, 4) is 0 Å². The fourth-order valence-electron chi connectivity index (χ4n) is 1.24. The van der Waals surface area contributed by atoms with Crippen LogP contribution in [0.15, 0.2) is 28.7 Å². The Morgan fingerprint density at radius 3 is 2.47 bits per heavy atom. The number of nitrogens with one attached hydrogen (secondary N) is 1. The van der Waals surface area contributed by atoms with Gasteiger partial charge < -0.3 is 10.4 Å². The van der Waals surface area contributed by atoms with Crippen molar-refractivity contribution in [3.63, 3.8) is 0 Å². The highest BCUT2D eigenvalue weighted by atomic mass is 32.1. The summed E-state index contributed by atoms with van der Waals surface area (Å²) < 4.78 is 0. The molecule has 92 valence electrons. The Kier molecular flexibility index (Phi) is 4.45. The molecule has 1 aromatic rings. The molecule has 17 heavy (non-hydrogen) atoms. The van der Waals surface area contributed by atoms with Crippen LogP contribution in [-0.4, -0.2) is 17.0 Å². The predicted molar refractivity (Wildman–Crippen MR) is 66.9 cm³/mol. The van der Waals surface area contributed by atoms with E-state index in [4.69, 9.17) is 5.11 Å². The van der Waals surface area contributed by atoms with Crippen molar-refractivity contribution >= 4 is 23.2 Å².